The van der Waals surface area contributed by atoms with E-state index in [1.807, 2.05) is 12.1 Å². The summed E-state index contributed by atoms with van der Waals surface area (Å²) >= 11 is 1.37. The van der Waals surface area contributed by atoms with Gasteiger partial charge in [-0.25, -0.2) is 4.98 Å². The maximum Gasteiger partial charge on any atom is 0.132 e. The van der Waals surface area contributed by atoms with Gasteiger partial charge in [-0.05, 0) is 29.7 Å². The van der Waals surface area contributed by atoms with E-state index in [-0.39, 0.29) is 0 Å². The predicted octanol–water partition coefficient (Wildman–Crippen LogP) is 3.81. The minimum Gasteiger partial charge on any atom is -0.496 e. The highest BCUT2D eigenvalue weighted by atomic mass is 32.1. The summed E-state index contributed by atoms with van der Waals surface area (Å²) in [6, 6.07) is 8.11. The van der Waals surface area contributed by atoms with Crippen LogP contribution in [-0.4, -0.2) is 12.1 Å². The molecule has 4 heteroatoms. The molecule has 0 unspecified atom stereocenters. The molecule has 92 valence electrons. The van der Waals surface area contributed by atoms with Crippen molar-refractivity contribution >= 4 is 11.3 Å². The molecule has 0 N–H and O–H groups in total. The molecule has 1 aromatic carbocycles. The van der Waals surface area contributed by atoms with Crippen molar-refractivity contribution in [1.29, 1.82) is 5.26 Å². The zero-order valence-corrected chi connectivity index (χ0v) is 11.4. The van der Waals surface area contributed by atoms with Gasteiger partial charge in [0.15, 0.2) is 0 Å². The Morgan fingerprint density at radius 2 is 2.17 bits per heavy atom. The van der Waals surface area contributed by atoms with Gasteiger partial charge in [0.05, 0.1) is 18.3 Å². The van der Waals surface area contributed by atoms with Gasteiger partial charge in [0, 0.05) is 5.56 Å². The summed E-state index contributed by atoms with van der Waals surface area (Å²) in [6.07, 6.45) is 0. The van der Waals surface area contributed by atoms with Gasteiger partial charge in [-0.1, -0.05) is 13.8 Å². The van der Waals surface area contributed by atoms with Crippen LogP contribution in [0.25, 0.3) is 11.3 Å². The lowest BCUT2D eigenvalue weighted by atomic mass is 9.98. The molecule has 0 atom stereocenters. The Kier molecular flexibility index (Phi) is 3.63. The van der Waals surface area contributed by atoms with E-state index in [2.05, 4.69) is 31.0 Å². The standard InChI is InChI=1S/C14H14N2OS/c1-9(2)11-6-10(4-5-12(11)17-3)14-13(7-15)18-8-16-14/h4-6,8-9H,1-3H3. The number of rotatable bonds is 3. The molecule has 0 fully saturated rings. The quantitative estimate of drug-likeness (QED) is 0.840. The minimum absolute atomic E-state index is 0.365. The Hall–Kier alpha value is -1.86. The molecule has 0 saturated carbocycles. The second kappa shape index (κ2) is 5.19. The number of hydrogen-bond donors (Lipinski definition) is 0. The highest BCUT2D eigenvalue weighted by molar-refractivity contribution is 7.10. The molecule has 0 bridgehead atoms. The van der Waals surface area contributed by atoms with E-state index < -0.39 is 0 Å². The van der Waals surface area contributed by atoms with Crippen LogP contribution < -0.4 is 4.74 Å². The molecule has 18 heavy (non-hydrogen) atoms. The normalized spacial score (nSPS) is 10.4. The summed E-state index contributed by atoms with van der Waals surface area (Å²) in [6.45, 7) is 4.24. The van der Waals surface area contributed by atoms with E-state index in [4.69, 9.17) is 10.00 Å². The molecule has 0 aliphatic carbocycles. The second-order valence-electron chi connectivity index (χ2n) is 4.25. The van der Waals surface area contributed by atoms with Gasteiger partial charge < -0.3 is 4.74 Å². The molecular formula is C14H14N2OS. The third-order valence-electron chi connectivity index (χ3n) is 2.79. The van der Waals surface area contributed by atoms with Crippen molar-refractivity contribution in [3.05, 3.63) is 34.2 Å². The van der Waals surface area contributed by atoms with Crippen molar-refractivity contribution in [2.45, 2.75) is 19.8 Å². The molecule has 0 aliphatic rings. The number of thiazole rings is 1. The first kappa shape index (κ1) is 12.6. The van der Waals surface area contributed by atoms with Gasteiger partial charge in [0.2, 0.25) is 0 Å². The Bertz CT molecular complexity index is 596. The van der Waals surface area contributed by atoms with Crippen molar-refractivity contribution in [2.75, 3.05) is 7.11 Å². The highest BCUT2D eigenvalue weighted by Crippen LogP contribution is 2.32. The lowest BCUT2D eigenvalue weighted by Gasteiger charge is -2.13. The van der Waals surface area contributed by atoms with Gasteiger partial charge >= 0.3 is 0 Å². The first-order valence-corrected chi connectivity index (χ1v) is 6.57. The van der Waals surface area contributed by atoms with Crippen molar-refractivity contribution < 1.29 is 4.74 Å². The fourth-order valence-electron chi connectivity index (χ4n) is 1.86. The molecule has 0 saturated heterocycles. The Labute approximate surface area is 111 Å². The number of nitriles is 1. The third-order valence-corrected chi connectivity index (χ3v) is 3.53. The van der Waals surface area contributed by atoms with Gasteiger partial charge in [0.1, 0.15) is 16.7 Å². The number of aromatic nitrogens is 1. The maximum atomic E-state index is 9.04. The van der Waals surface area contributed by atoms with E-state index in [0.717, 1.165) is 22.6 Å². The number of ether oxygens (including phenoxy) is 1. The maximum absolute atomic E-state index is 9.04. The zero-order valence-electron chi connectivity index (χ0n) is 10.6. The van der Waals surface area contributed by atoms with Crippen LogP contribution in [0.5, 0.6) is 5.75 Å². The van der Waals surface area contributed by atoms with Crippen LogP contribution >= 0.6 is 11.3 Å². The van der Waals surface area contributed by atoms with Crippen LogP contribution in [0.1, 0.15) is 30.2 Å². The van der Waals surface area contributed by atoms with Gasteiger partial charge in [0.25, 0.3) is 0 Å². The summed E-state index contributed by atoms with van der Waals surface area (Å²) in [7, 11) is 1.67. The summed E-state index contributed by atoms with van der Waals surface area (Å²) in [5.74, 6) is 1.24. The van der Waals surface area contributed by atoms with Crippen molar-refractivity contribution in [3.63, 3.8) is 0 Å². The Morgan fingerprint density at radius 3 is 2.78 bits per heavy atom. The summed E-state index contributed by atoms with van der Waals surface area (Å²) in [5.41, 5.74) is 4.56. The van der Waals surface area contributed by atoms with Crippen LogP contribution in [-0.2, 0) is 0 Å². The molecule has 1 heterocycles. The minimum atomic E-state index is 0.365. The van der Waals surface area contributed by atoms with E-state index >= 15 is 0 Å². The van der Waals surface area contributed by atoms with E-state index in [9.17, 15) is 0 Å². The molecule has 2 rings (SSSR count). The lowest BCUT2D eigenvalue weighted by Crippen LogP contribution is -1.95. The average molecular weight is 258 g/mol. The fourth-order valence-corrected chi connectivity index (χ4v) is 2.46. The Morgan fingerprint density at radius 1 is 1.39 bits per heavy atom. The zero-order chi connectivity index (χ0) is 13.1. The van der Waals surface area contributed by atoms with Crippen molar-refractivity contribution in [3.8, 4) is 23.1 Å². The van der Waals surface area contributed by atoms with E-state index in [1.54, 1.807) is 12.6 Å². The van der Waals surface area contributed by atoms with Crippen LogP contribution in [0.15, 0.2) is 23.7 Å². The SMILES string of the molecule is COc1ccc(-c2ncsc2C#N)cc1C(C)C. The molecule has 0 amide bonds. The van der Waals surface area contributed by atoms with Crippen molar-refractivity contribution in [1.82, 2.24) is 4.98 Å². The van der Waals surface area contributed by atoms with Gasteiger partial charge in [-0.3, -0.25) is 0 Å². The van der Waals surface area contributed by atoms with E-state index in [0.29, 0.717) is 10.8 Å². The van der Waals surface area contributed by atoms with Crippen LogP contribution in [0.2, 0.25) is 0 Å². The molecule has 0 aliphatic heterocycles. The third kappa shape index (κ3) is 2.22. The molecular weight excluding hydrogens is 244 g/mol. The molecule has 1 aromatic heterocycles. The van der Waals surface area contributed by atoms with Crippen LogP contribution in [0.3, 0.4) is 0 Å². The number of methoxy groups -OCH3 is 1. The number of hydrogen-bond acceptors (Lipinski definition) is 4. The summed E-state index contributed by atoms with van der Waals surface area (Å²) < 4.78 is 5.35. The molecule has 0 radical (unpaired) electrons. The molecule has 0 spiro atoms. The Balaban J connectivity index is 2.54. The topological polar surface area (TPSA) is 45.9 Å². The summed E-state index contributed by atoms with van der Waals surface area (Å²) in [5, 5.41) is 9.04. The first-order valence-electron chi connectivity index (χ1n) is 5.69. The fraction of sp³-hybridized carbons (Fsp3) is 0.286. The van der Waals surface area contributed by atoms with E-state index in [1.165, 1.54) is 11.3 Å². The second-order valence-corrected chi connectivity index (χ2v) is 5.11. The number of nitrogens with zero attached hydrogens (tertiary/aromatic N) is 2. The largest absolute Gasteiger partial charge is 0.496 e. The van der Waals surface area contributed by atoms with Gasteiger partial charge in [-0.2, -0.15) is 5.26 Å². The highest BCUT2D eigenvalue weighted by Gasteiger charge is 2.13. The summed E-state index contributed by atoms with van der Waals surface area (Å²) in [4.78, 5) is 4.92. The lowest BCUT2D eigenvalue weighted by molar-refractivity contribution is 0.407. The molecule has 3 nitrogen and oxygen atoms in total. The van der Waals surface area contributed by atoms with Crippen molar-refractivity contribution in [2.24, 2.45) is 0 Å². The first-order chi connectivity index (χ1) is 8.67. The monoisotopic (exact) mass is 258 g/mol. The predicted molar refractivity (Wildman–Crippen MR) is 72.9 cm³/mol. The van der Waals surface area contributed by atoms with Crippen LogP contribution in [0.4, 0.5) is 0 Å². The smallest absolute Gasteiger partial charge is 0.132 e. The molecule has 2 aromatic rings. The van der Waals surface area contributed by atoms with Crippen LogP contribution in [0, 0.1) is 11.3 Å². The van der Waals surface area contributed by atoms with Gasteiger partial charge in [-0.15, -0.1) is 11.3 Å². The average Bonchev–Trinajstić information content (AvgIpc) is 2.86. The number of benzene rings is 1.